The molecule has 0 aliphatic heterocycles. The van der Waals surface area contributed by atoms with Gasteiger partial charge in [-0.15, -0.1) is 0 Å². The first-order valence-electron chi connectivity index (χ1n) is 11.5. The van der Waals surface area contributed by atoms with Crippen LogP contribution >= 0.6 is 0 Å². The number of benzene rings is 3. The summed E-state index contributed by atoms with van der Waals surface area (Å²) in [5, 5.41) is 9.31. The van der Waals surface area contributed by atoms with E-state index in [-0.39, 0.29) is 11.5 Å². The number of hydrogen-bond donors (Lipinski definition) is 2. The van der Waals surface area contributed by atoms with Crippen molar-refractivity contribution in [2.45, 2.75) is 31.4 Å². The van der Waals surface area contributed by atoms with Crippen molar-refractivity contribution in [1.82, 2.24) is 4.72 Å². The number of rotatable bonds is 12. The van der Waals surface area contributed by atoms with Crippen LogP contribution in [0, 0.1) is 5.92 Å². The highest BCUT2D eigenvalue weighted by Crippen LogP contribution is 2.34. The maximum atomic E-state index is 12.7. The van der Waals surface area contributed by atoms with E-state index in [9.17, 15) is 18.3 Å². The lowest BCUT2D eigenvalue weighted by atomic mass is 10.1. The van der Waals surface area contributed by atoms with E-state index in [0.29, 0.717) is 23.0 Å². The van der Waals surface area contributed by atoms with E-state index in [0.717, 1.165) is 16.7 Å². The molecule has 0 unspecified atom stereocenters. The molecular weight excluding hydrogens is 498 g/mol. The zero-order valence-electron chi connectivity index (χ0n) is 21.3. The summed E-state index contributed by atoms with van der Waals surface area (Å²) in [5.41, 5.74) is 2.39. The van der Waals surface area contributed by atoms with Crippen LogP contribution in [0.4, 0.5) is 0 Å². The van der Waals surface area contributed by atoms with Gasteiger partial charge in [-0.3, -0.25) is 4.79 Å². The first-order valence-corrected chi connectivity index (χ1v) is 12.9. The lowest BCUT2D eigenvalue weighted by Crippen LogP contribution is -2.44. The summed E-state index contributed by atoms with van der Waals surface area (Å²) in [6, 6.07) is 15.8. The SMILES string of the molecule is COc1cc(COc2ccc(-c3ccc(S(=O)(=O)N[C@@H](C(=O)O)C(C)C)cc3)cc2OC)cc(OC)c1. The molecule has 3 rings (SSSR count). The average Bonchev–Trinajstić information content (AvgIpc) is 2.89. The number of sulfonamides is 1. The number of carboxylic acids is 1. The summed E-state index contributed by atoms with van der Waals surface area (Å²) in [7, 11) is 0.695. The number of methoxy groups -OCH3 is 3. The van der Waals surface area contributed by atoms with Gasteiger partial charge in [-0.1, -0.05) is 32.0 Å². The molecule has 0 aliphatic rings. The second-order valence-corrected chi connectivity index (χ2v) is 10.3. The second kappa shape index (κ2) is 12.0. The van der Waals surface area contributed by atoms with Crippen LogP contribution in [0.5, 0.6) is 23.0 Å². The number of nitrogens with one attached hydrogen (secondary N) is 1. The van der Waals surface area contributed by atoms with Crippen LogP contribution in [0.15, 0.2) is 65.6 Å². The molecule has 2 N–H and O–H groups in total. The third kappa shape index (κ3) is 6.93. The van der Waals surface area contributed by atoms with Gasteiger partial charge in [-0.2, -0.15) is 4.72 Å². The molecule has 0 aliphatic carbocycles. The maximum absolute atomic E-state index is 12.7. The lowest BCUT2D eigenvalue weighted by molar-refractivity contribution is -0.140. The first-order chi connectivity index (χ1) is 17.6. The van der Waals surface area contributed by atoms with Crippen LogP contribution in [0.1, 0.15) is 19.4 Å². The standard InChI is InChI=1S/C27H31NO8S/c1-17(2)26(27(29)30)28-37(31,32)23-9-6-19(7-10-23)20-8-11-24(25(14-20)35-5)36-16-18-12-21(33-3)15-22(13-18)34-4/h6-15,17,26,28H,16H2,1-5H3,(H,29,30)/t26-/m1/s1. The van der Waals surface area contributed by atoms with Gasteiger partial charge in [-0.25, -0.2) is 8.42 Å². The van der Waals surface area contributed by atoms with Crippen molar-refractivity contribution < 1.29 is 37.3 Å². The smallest absolute Gasteiger partial charge is 0.322 e. The number of ether oxygens (including phenoxy) is 4. The Bertz CT molecular complexity index is 1310. The number of hydrogen-bond acceptors (Lipinski definition) is 7. The number of carbonyl (C=O) groups is 1. The number of carboxylic acid groups (broad SMARTS) is 1. The first kappa shape index (κ1) is 27.8. The summed E-state index contributed by atoms with van der Waals surface area (Å²) in [6.07, 6.45) is 0. The predicted molar refractivity (Wildman–Crippen MR) is 139 cm³/mol. The Kier molecular flexibility index (Phi) is 9.01. The largest absolute Gasteiger partial charge is 0.497 e. The highest BCUT2D eigenvalue weighted by molar-refractivity contribution is 7.89. The molecule has 3 aromatic carbocycles. The highest BCUT2D eigenvalue weighted by Gasteiger charge is 2.28. The molecule has 198 valence electrons. The predicted octanol–water partition coefficient (Wildman–Crippen LogP) is 4.35. The van der Waals surface area contributed by atoms with Gasteiger partial charge in [0.05, 0.1) is 26.2 Å². The summed E-state index contributed by atoms with van der Waals surface area (Å²) >= 11 is 0. The van der Waals surface area contributed by atoms with Gasteiger partial charge in [0.1, 0.15) is 24.1 Å². The molecule has 37 heavy (non-hydrogen) atoms. The van der Waals surface area contributed by atoms with Crippen LogP contribution in [0.25, 0.3) is 11.1 Å². The maximum Gasteiger partial charge on any atom is 0.322 e. The third-order valence-electron chi connectivity index (χ3n) is 5.68. The highest BCUT2D eigenvalue weighted by atomic mass is 32.2. The molecule has 1 atom stereocenters. The van der Waals surface area contributed by atoms with Crippen LogP contribution in [-0.2, 0) is 21.4 Å². The van der Waals surface area contributed by atoms with Crippen molar-refractivity contribution >= 4 is 16.0 Å². The molecule has 0 radical (unpaired) electrons. The summed E-state index contributed by atoms with van der Waals surface area (Å²) in [4.78, 5) is 11.4. The molecule has 10 heteroatoms. The molecule has 0 amide bonds. The van der Waals surface area contributed by atoms with Gasteiger partial charge < -0.3 is 24.1 Å². The van der Waals surface area contributed by atoms with Gasteiger partial charge in [-0.05, 0) is 59.0 Å². The lowest BCUT2D eigenvalue weighted by Gasteiger charge is -2.18. The molecule has 3 aromatic rings. The minimum atomic E-state index is -4.01. The van der Waals surface area contributed by atoms with Crippen LogP contribution in [0.2, 0.25) is 0 Å². The Hall–Kier alpha value is -3.76. The normalized spacial score (nSPS) is 12.2. The van der Waals surface area contributed by atoms with E-state index in [1.165, 1.54) is 19.2 Å². The molecule has 0 saturated carbocycles. The van der Waals surface area contributed by atoms with Gasteiger partial charge in [0.2, 0.25) is 10.0 Å². The van der Waals surface area contributed by atoms with Gasteiger partial charge in [0.25, 0.3) is 0 Å². The zero-order valence-corrected chi connectivity index (χ0v) is 22.2. The second-order valence-electron chi connectivity index (χ2n) is 8.58. The zero-order chi connectivity index (χ0) is 27.2. The molecule has 0 saturated heterocycles. The van der Waals surface area contributed by atoms with Crippen molar-refractivity contribution in [3.8, 4) is 34.1 Å². The van der Waals surface area contributed by atoms with E-state index in [1.807, 2.05) is 18.2 Å². The topological polar surface area (TPSA) is 120 Å². The van der Waals surface area contributed by atoms with E-state index < -0.39 is 28.0 Å². The fourth-order valence-electron chi connectivity index (χ4n) is 3.61. The minimum absolute atomic E-state index is 0.0243. The molecule has 9 nitrogen and oxygen atoms in total. The third-order valence-corrected chi connectivity index (χ3v) is 7.14. The Morgan fingerprint density at radius 1 is 0.838 bits per heavy atom. The van der Waals surface area contributed by atoms with Crippen molar-refractivity contribution in [2.75, 3.05) is 21.3 Å². The van der Waals surface area contributed by atoms with Crippen molar-refractivity contribution in [3.05, 3.63) is 66.2 Å². The molecule has 0 heterocycles. The molecule has 0 spiro atoms. The van der Waals surface area contributed by atoms with Gasteiger partial charge >= 0.3 is 5.97 Å². The minimum Gasteiger partial charge on any atom is -0.497 e. The summed E-state index contributed by atoms with van der Waals surface area (Å²) < 4.78 is 49.7. The van der Waals surface area contributed by atoms with Crippen LogP contribution < -0.4 is 23.7 Å². The Balaban J connectivity index is 1.78. The summed E-state index contributed by atoms with van der Waals surface area (Å²) in [6.45, 7) is 3.54. The molecule has 0 fully saturated rings. The monoisotopic (exact) mass is 529 g/mol. The quantitative estimate of drug-likeness (QED) is 0.355. The van der Waals surface area contributed by atoms with E-state index in [4.69, 9.17) is 18.9 Å². The van der Waals surface area contributed by atoms with Crippen LogP contribution in [0.3, 0.4) is 0 Å². The van der Waals surface area contributed by atoms with Gasteiger partial charge in [0.15, 0.2) is 11.5 Å². The number of aliphatic carboxylic acids is 1. The molecule has 0 bridgehead atoms. The fraction of sp³-hybridized carbons (Fsp3) is 0.296. The Labute approximate surface area is 217 Å². The van der Waals surface area contributed by atoms with Gasteiger partial charge in [0, 0.05) is 6.07 Å². The average molecular weight is 530 g/mol. The van der Waals surface area contributed by atoms with Crippen LogP contribution in [-0.4, -0.2) is 46.9 Å². The van der Waals surface area contributed by atoms with Crippen molar-refractivity contribution in [1.29, 1.82) is 0 Å². The van der Waals surface area contributed by atoms with Crippen molar-refractivity contribution in [2.24, 2.45) is 5.92 Å². The fourth-order valence-corrected chi connectivity index (χ4v) is 4.95. The molecular formula is C27H31NO8S. The Morgan fingerprint density at radius 3 is 1.95 bits per heavy atom. The van der Waals surface area contributed by atoms with E-state index in [2.05, 4.69) is 4.72 Å². The van der Waals surface area contributed by atoms with Crippen molar-refractivity contribution in [3.63, 3.8) is 0 Å². The van der Waals surface area contributed by atoms with E-state index >= 15 is 0 Å². The Morgan fingerprint density at radius 2 is 1.43 bits per heavy atom. The molecule has 0 aromatic heterocycles. The van der Waals surface area contributed by atoms with E-state index in [1.54, 1.807) is 58.4 Å². The summed E-state index contributed by atoms with van der Waals surface area (Å²) in [5.74, 6) is 0.713.